The van der Waals surface area contributed by atoms with Gasteiger partial charge >= 0.3 is 0 Å². The molecular weight excluding hydrogens is 182 g/mol. The summed E-state index contributed by atoms with van der Waals surface area (Å²) in [5.74, 6) is 0. The number of hydrogen-bond acceptors (Lipinski definition) is 0. The van der Waals surface area contributed by atoms with E-state index in [-0.39, 0.29) is 0 Å². The van der Waals surface area contributed by atoms with Crippen LogP contribution in [0.3, 0.4) is 0 Å². The molecule has 1 aromatic carbocycles. The van der Waals surface area contributed by atoms with E-state index in [1.54, 1.807) is 0 Å². The van der Waals surface area contributed by atoms with Gasteiger partial charge in [-0.15, -0.1) is 0 Å². The summed E-state index contributed by atoms with van der Waals surface area (Å²) in [6.45, 7) is 3.04. The average molecular weight is 197 g/mol. The molecule has 2 rings (SSSR count). The minimum Gasteiger partial charge on any atom is -0.350 e. The summed E-state index contributed by atoms with van der Waals surface area (Å²) in [6.07, 6.45) is 8.46. The maximum atomic E-state index is 2.17. The van der Waals surface area contributed by atoms with E-state index in [9.17, 15) is 0 Å². The smallest absolute Gasteiger partial charge is 0.0403 e. The van der Waals surface area contributed by atoms with Crippen LogP contribution < -0.4 is 0 Å². The molecule has 0 aliphatic rings. The van der Waals surface area contributed by atoms with Crippen LogP contribution in [0.5, 0.6) is 0 Å². The molecule has 0 aliphatic heterocycles. The fraction of sp³-hybridized carbons (Fsp3) is 0.143. The Kier molecular flexibility index (Phi) is 3.03. The highest BCUT2D eigenvalue weighted by atomic mass is 14.9. The molecule has 0 radical (unpaired) electrons. The van der Waals surface area contributed by atoms with Crippen LogP contribution in [0.1, 0.15) is 11.1 Å². The molecule has 1 nitrogen and oxygen atoms in total. The van der Waals surface area contributed by atoms with Crippen LogP contribution in [0.4, 0.5) is 0 Å². The van der Waals surface area contributed by atoms with Gasteiger partial charge in [0.15, 0.2) is 0 Å². The molecule has 0 aliphatic carbocycles. The maximum Gasteiger partial charge on any atom is 0.0403 e. The molecule has 0 bridgehead atoms. The minimum atomic E-state index is 0.931. The largest absolute Gasteiger partial charge is 0.350 e. The highest BCUT2D eigenvalue weighted by molar-refractivity contribution is 5.49. The Morgan fingerprint density at radius 1 is 1.07 bits per heavy atom. The molecule has 0 N–H and O–H groups in total. The van der Waals surface area contributed by atoms with E-state index < -0.39 is 0 Å². The van der Waals surface area contributed by atoms with E-state index in [1.807, 2.05) is 12.1 Å². The molecule has 0 fully saturated rings. The van der Waals surface area contributed by atoms with Crippen LogP contribution in [0.15, 0.2) is 54.9 Å². The summed E-state index contributed by atoms with van der Waals surface area (Å²) in [6, 6.07) is 12.6. The van der Waals surface area contributed by atoms with Crippen molar-refractivity contribution in [3.8, 4) is 0 Å². The van der Waals surface area contributed by atoms with Gasteiger partial charge in [0.05, 0.1) is 0 Å². The average Bonchev–Trinajstić information content (AvgIpc) is 2.74. The van der Waals surface area contributed by atoms with Crippen LogP contribution in [-0.4, -0.2) is 4.57 Å². The lowest BCUT2D eigenvalue weighted by Gasteiger charge is -1.97. The SMILES string of the molecule is Cc1ccc(/C=C/Cn2cccc2)cc1. The molecule has 0 amide bonds. The molecule has 15 heavy (non-hydrogen) atoms. The van der Waals surface area contributed by atoms with Crippen molar-refractivity contribution in [2.75, 3.05) is 0 Å². The Morgan fingerprint density at radius 2 is 1.73 bits per heavy atom. The van der Waals surface area contributed by atoms with E-state index >= 15 is 0 Å². The lowest BCUT2D eigenvalue weighted by molar-refractivity contribution is 0.833. The monoisotopic (exact) mass is 197 g/mol. The van der Waals surface area contributed by atoms with Crippen molar-refractivity contribution in [3.63, 3.8) is 0 Å². The van der Waals surface area contributed by atoms with Crippen LogP contribution in [-0.2, 0) is 6.54 Å². The first-order valence-corrected chi connectivity index (χ1v) is 5.18. The highest BCUT2D eigenvalue weighted by Crippen LogP contribution is 2.05. The van der Waals surface area contributed by atoms with E-state index in [1.165, 1.54) is 11.1 Å². The summed E-state index contributed by atoms with van der Waals surface area (Å²) in [5.41, 5.74) is 2.56. The third-order valence-corrected chi connectivity index (χ3v) is 2.37. The molecule has 0 spiro atoms. The zero-order valence-corrected chi connectivity index (χ0v) is 8.93. The fourth-order valence-electron chi connectivity index (χ4n) is 1.48. The van der Waals surface area contributed by atoms with Crippen molar-refractivity contribution in [2.45, 2.75) is 13.5 Å². The number of allylic oxidation sites excluding steroid dienone is 1. The molecule has 0 saturated carbocycles. The second-order valence-electron chi connectivity index (χ2n) is 3.69. The normalized spacial score (nSPS) is 11.0. The zero-order valence-electron chi connectivity index (χ0n) is 8.93. The zero-order chi connectivity index (χ0) is 10.5. The number of rotatable bonds is 3. The first-order valence-electron chi connectivity index (χ1n) is 5.18. The molecular formula is C14H15N. The van der Waals surface area contributed by atoms with Gasteiger partial charge in [-0.05, 0) is 24.6 Å². The second kappa shape index (κ2) is 4.65. The van der Waals surface area contributed by atoms with Crippen molar-refractivity contribution >= 4 is 6.08 Å². The van der Waals surface area contributed by atoms with Crippen molar-refractivity contribution in [3.05, 3.63) is 66.0 Å². The lowest BCUT2D eigenvalue weighted by Crippen LogP contribution is -1.88. The van der Waals surface area contributed by atoms with E-state index in [2.05, 4.69) is 60.3 Å². The van der Waals surface area contributed by atoms with E-state index in [0.29, 0.717) is 0 Å². The van der Waals surface area contributed by atoms with Crippen molar-refractivity contribution < 1.29 is 0 Å². The molecule has 0 atom stereocenters. The van der Waals surface area contributed by atoms with Crippen LogP contribution in [0.2, 0.25) is 0 Å². The first kappa shape index (κ1) is 9.78. The quantitative estimate of drug-likeness (QED) is 0.709. The van der Waals surface area contributed by atoms with Crippen molar-refractivity contribution in [2.24, 2.45) is 0 Å². The summed E-state index contributed by atoms with van der Waals surface area (Å²) in [4.78, 5) is 0. The van der Waals surface area contributed by atoms with Gasteiger partial charge in [-0.25, -0.2) is 0 Å². The van der Waals surface area contributed by atoms with E-state index in [0.717, 1.165) is 6.54 Å². The lowest BCUT2D eigenvalue weighted by atomic mass is 10.1. The predicted molar refractivity (Wildman–Crippen MR) is 64.6 cm³/mol. The number of aryl methyl sites for hydroxylation is 1. The van der Waals surface area contributed by atoms with Gasteiger partial charge in [0.1, 0.15) is 0 Å². The number of nitrogens with zero attached hydrogens (tertiary/aromatic N) is 1. The number of benzene rings is 1. The Morgan fingerprint density at radius 3 is 2.40 bits per heavy atom. The molecule has 1 aromatic heterocycles. The molecule has 1 heterocycles. The van der Waals surface area contributed by atoms with Gasteiger partial charge in [0.2, 0.25) is 0 Å². The molecule has 0 saturated heterocycles. The second-order valence-corrected chi connectivity index (χ2v) is 3.69. The molecule has 2 aromatic rings. The van der Waals surface area contributed by atoms with Crippen molar-refractivity contribution in [1.29, 1.82) is 0 Å². The molecule has 76 valence electrons. The fourth-order valence-corrected chi connectivity index (χ4v) is 1.48. The summed E-state index contributed by atoms with van der Waals surface area (Å²) >= 11 is 0. The van der Waals surface area contributed by atoms with Gasteiger partial charge in [-0.3, -0.25) is 0 Å². The van der Waals surface area contributed by atoms with Crippen LogP contribution in [0, 0.1) is 6.92 Å². The van der Waals surface area contributed by atoms with Crippen molar-refractivity contribution in [1.82, 2.24) is 4.57 Å². The molecule has 1 heteroatoms. The molecule has 0 unspecified atom stereocenters. The van der Waals surface area contributed by atoms with Gasteiger partial charge in [0, 0.05) is 18.9 Å². The number of hydrogen-bond donors (Lipinski definition) is 0. The summed E-state index contributed by atoms with van der Waals surface area (Å²) in [7, 11) is 0. The maximum absolute atomic E-state index is 2.17. The Bertz CT molecular complexity index is 421. The Labute approximate surface area is 90.7 Å². The summed E-state index contributed by atoms with van der Waals surface area (Å²) in [5, 5.41) is 0. The highest BCUT2D eigenvalue weighted by Gasteiger charge is 1.86. The van der Waals surface area contributed by atoms with E-state index in [4.69, 9.17) is 0 Å². The first-order chi connectivity index (χ1) is 7.34. The third kappa shape index (κ3) is 2.84. The number of aromatic nitrogens is 1. The third-order valence-electron chi connectivity index (χ3n) is 2.37. The Hall–Kier alpha value is -1.76. The topological polar surface area (TPSA) is 4.93 Å². The van der Waals surface area contributed by atoms with Crippen LogP contribution in [0.25, 0.3) is 6.08 Å². The Balaban J connectivity index is 1.97. The van der Waals surface area contributed by atoms with Crippen LogP contribution >= 0.6 is 0 Å². The minimum absolute atomic E-state index is 0.931. The van der Waals surface area contributed by atoms with Gasteiger partial charge < -0.3 is 4.57 Å². The van der Waals surface area contributed by atoms with Gasteiger partial charge in [0.25, 0.3) is 0 Å². The summed E-state index contributed by atoms with van der Waals surface area (Å²) < 4.78 is 2.14. The standard InChI is InChI=1S/C14H15N/c1-13-6-8-14(9-7-13)5-4-12-15-10-2-3-11-15/h2-11H,12H2,1H3/b5-4+. The van der Waals surface area contributed by atoms with Gasteiger partial charge in [-0.2, -0.15) is 0 Å². The predicted octanol–water partition coefficient (Wildman–Crippen LogP) is 3.51. The van der Waals surface area contributed by atoms with Gasteiger partial charge in [-0.1, -0.05) is 42.0 Å².